The highest BCUT2D eigenvalue weighted by Crippen LogP contribution is 1.91. The lowest BCUT2D eigenvalue weighted by Crippen LogP contribution is -2.32. The number of rotatable bonds is 2. The molecule has 0 fully saturated rings. The first kappa shape index (κ1) is 11.4. The number of nitrogens with two attached hydrogens (primary N) is 1. The molecule has 15 heavy (non-hydrogen) atoms. The first-order valence-electron chi connectivity index (χ1n) is 4.33. The molecule has 6 heteroatoms. The molecule has 0 unspecified atom stereocenters. The average Bonchev–Trinajstić information content (AvgIpc) is 2.26. The number of thiocarbonyl (C=S) groups is 1. The second-order valence-corrected chi connectivity index (χ2v) is 3.41. The van der Waals surface area contributed by atoms with Crippen LogP contribution in [-0.4, -0.2) is 34.9 Å². The van der Waals surface area contributed by atoms with E-state index in [1.165, 1.54) is 0 Å². The molecule has 1 rings (SSSR count). The van der Waals surface area contributed by atoms with Crippen molar-refractivity contribution in [2.75, 3.05) is 14.1 Å². The van der Waals surface area contributed by atoms with Crippen LogP contribution in [-0.2, 0) is 0 Å². The summed E-state index contributed by atoms with van der Waals surface area (Å²) in [5.41, 5.74) is 8.97. The first-order valence-corrected chi connectivity index (χ1v) is 4.74. The van der Waals surface area contributed by atoms with Gasteiger partial charge in [-0.05, 0) is 24.4 Å². The third-order valence-electron chi connectivity index (χ3n) is 1.61. The smallest absolute Gasteiger partial charge is 0.189 e. The van der Waals surface area contributed by atoms with Crippen LogP contribution in [0.4, 0.5) is 0 Å². The van der Waals surface area contributed by atoms with E-state index < -0.39 is 0 Å². The molecule has 0 saturated carbocycles. The van der Waals surface area contributed by atoms with E-state index in [4.69, 9.17) is 18.0 Å². The van der Waals surface area contributed by atoms with Crippen molar-refractivity contribution in [3.05, 3.63) is 30.1 Å². The van der Waals surface area contributed by atoms with Gasteiger partial charge in [-0.2, -0.15) is 5.10 Å². The molecule has 0 aliphatic heterocycles. The molecular weight excluding hydrogens is 210 g/mol. The Morgan fingerprint density at radius 2 is 2.27 bits per heavy atom. The number of amidine groups is 1. The Labute approximate surface area is 94.0 Å². The van der Waals surface area contributed by atoms with Gasteiger partial charge in [0.1, 0.15) is 5.69 Å². The van der Waals surface area contributed by atoms with Crippen molar-refractivity contribution in [2.24, 2.45) is 10.8 Å². The summed E-state index contributed by atoms with van der Waals surface area (Å²) in [4.78, 5) is 5.78. The Balaban J connectivity index is 2.65. The quantitative estimate of drug-likeness (QED) is 0.323. The summed E-state index contributed by atoms with van der Waals surface area (Å²) in [6, 6.07) is 5.43. The topological polar surface area (TPSA) is 66.5 Å². The minimum Gasteiger partial charge on any atom is -0.380 e. The number of nitrogens with zero attached hydrogens (tertiary/aromatic N) is 3. The summed E-state index contributed by atoms with van der Waals surface area (Å²) < 4.78 is 0. The van der Waals surface area contributed by atoms with Crippen LogP contribution < -0.4 is 11.2 Å². The molecule has 0 aliphatic rings. The second kappa shape index (κ2) is 5.26. The number of hydrogen-bond donors (Lipinski definition) is 2. The number of nitrogens with one attached hydrogen (secondary N) is 1. The van der Waals surface area contributed by atoms with Gasteiger partial charge in [0.05, 0.1) is 0 Å². The van der Waals surface area contributed by atoms with Crippen LogP contribution in [0.1, 0.15) is 5.69 Å². The van der Waals surface area contributed by atoms with Gasteiger partial charge in [0.2, 0.25) is 0 Å². The number of pyridine rings is 1. The maximum absolute atomic E-state index is 5.69. The molecule has 0 atom stereocenters. The fourth-order valence-electron chi connectivity index (χ4n) is 0.780. The van der Waals surface area contributed by atoms with Gasteiger partial charge >= 0.3 is 0 Å². The summed E-state index contributed by atoms with van der Waals surface area (Å²) in [6.45, 7) is 0. The molecular formula is C9H13N5S. The SMILES string of the molecule is CN(C)C(=S)N/N=C(\N)c1ccccn1. The maximum Gasteiger partial charge on any atom is 0.189 e. The molecule has 80 valence electrons. The molecule has 3 N–H and O–H groups in total. The Kier molecular flexibility index (Phi) is 3.99. The zero-order valence-corrected chi connectivity index (χ0v) is 9.45. The highest BCUT2D eigenvalue weighted by Gasteiger charge is 1.99. The van der Waals surface area contributed by atoms with Crippen LogP contribution in [0.3, 0.4) is 0 Å². The predicted octanol–water partition coefficient (Wildman–Crippen LogP) is 0.138. The molecule has 0 spiro atoms. The van der Waals surface area contributed by atoms with Crippen molar-refractivity contribution in [1.29, 1.82) is 0 Å². The maximum atomic E-state index is 5.69. The lowest BCUT2D eigenvalue weighted by Gasteiger charge is -2.12. The van der Waals surface area contributed by atoms with Gasteiger partial charge in [-0.3, -0.25) is 10.4 Å². The Morgan fingerprint density at radius 3 is 2.80 bits per heavy atom. The predicted molar refractivity (Wildman–Crippen MR) is 64.4 cm³/mol. The van der Waals surface area contributed by atoms with Gasteiger partial charge in [0, 0.05) is 20.3 Å². The van der Waals surface area contributed by atoms with E-state index in [0.717, 1.165) is 0 Å². The van der Waals surface area contributed by atoms with E-state index in [0.29, 0.717) is 16.6 Å². The zero-order valence-electron chi connectivity index (χ0n) is 8.64. The highest BCUT2D eigenvalue weighted by atomic mass is 32.1. The van der Waals surface area contributed by atoms with Crippen LogP contribution in [0.2, 0.25) is 0 Å². The Hall–Kier alpha value is -1.69. The molecule has 0 aliphatic carbocycles. The zero-order chi connectivity index (χ0) is 11.3. The van der Waals surface area contributed by atoms with Crippen LogP contribution >= 0.6 is 12.2 Å². The van der Waals surface area contributed by atoms with Crippen molar-refractivity contribution < 1.29 is 0 Å². The summed E-state index contributed by atoms with van der Waals surface area (Å²) in [5.74, 6) is 0.305. The fourth-order valence-corrected chi connectivity index (χ4v) is 0.825. The molecule has 0 aromatic carbocycles. The van der Waals surface area contributed by atoms with E-state index in [-0.39, 0.29) is 0 Å². The molecule has 1 aromatic rings. The largest absolute Gasteiger partial charge is 0.380 e. The first-order chi connectivity index (χ1) is 7.11. The van der Waals surface area contributed by atoms with Crippen molar-refractivity contribution in [1.82, 2.24) is 15.3 Å². The van der Waals surface area contributed by atoms with E-state index in [2.05, 4.69) is 15.5 Å². The second-order valence-electron chi connectivity index (χ2n) is 3.02. The van der Waals surface area contributed by atoms with Gasteiger partial charge in [-0.15, -0.1) is 0 Å². The van der Waals surface area contributed by atoms with E-state index in [1.54, 1.807) is 17.2 Å². The third-order valence-corrected chi connectivity index (χ3v) is 2.06. The molecule has 5 nitrogen and oxygen atoms in total. The molecule has 0 radical (unpaired) electrons. The summed E-state index contributed by atoms with van der Waals surface area (Å²) in [7, 11) is 3.64. The molecule has 0 amide bonds. The standard InChI is InChI=1S/C9H13N5S/c1-14(2)9(15)13-12-8(10)7-5-3-4-6-11-7/h3-6H,1-2H3,(H2,10,12)(H,13,15). The molecule has 0 saturated heterocycles. The minimum absolute atomic E-state index is 0.305. The van der Waals surface area contributed by atoms with Crippen LogP contribution in [0.25, 0.3) is 0 Å². The minimum atomic E-state index is 0.305. The van der Waals surface area contributed by atoms with E-state index >= 15 is 0 Å². The number of hydrogen-bond acceptors (Lipinski definition) is 3. The van der Waals surface area contributed by atoms with Gasteiger partial charge in [-0.1, -0.05) is 6.07 Å². The third kappa shape index (κ3) is 3.51. The summed E-state index contributed by atoms with van der Waals surface area (Å²) in [6.07, 6.45) is 1.65. The van der Waals surface area contributed by atoms with Gasteiger partial charge in [0.15, 0.2) is 10.9 Å². The monoisotopic (exact) mass is 223 g/mol. The highest BCUT2D eigenvalue weighted by molar-refractivity contribution is 7.80. The van der Waals surface area contributed by atoms with E-state index in [1.807, 2.05) is 26.2 Å². The lowest BCUT2D eigenvalue weighted by atomic mass is 10.3. The van der Waals surface area contributed by atoms with Crippen LogP contribution in [0.5, 0.6) is 0 Å². The van der Waals surface area contributed by atoms with Gasteiger partial charge in [-0.25, -0.2) is 0 Å². The Bertz CT molecular complexity index is 360. The molecule has 1 aromatic heterocycles. The molecule has 1 heterocycles. The van der Waals surface area contributed by atoms with Crippen LogP contribution in [0.15, 0.2) is 29.5 Å². The molecule has 0 bridgehead atoms. The number of hydrazone groups is 1. The van der Waals surface area contributed by atoms with E-state index in [9.17, 15) is 0 Å². The van der Waals surface area contributed by atoms with Crippen molar-refractivity contribution in [3.8, 4) is 0 Å². The summed E-state index contributed by atoms with van der Waals surface area (Å²) in [5, 5.41) is 4.41. The average molecular weight is 223 g/mol. The Morgan fingerprint density at radius 1 is 1.53 bits per heavy atom. The van der Waals surface area contributed by atoms with Crippen molar-refractivity contribution in [2.45, 2.75) is 0 Å². The fraction of sp³-hybridized carbons (Fsp3) is 0.222. The normalized spacial score (nSPS) is 10.9. The van der Waals surface area contributed by atoms with Gasteiger partial charge in [0.25, 0.3) is 0 Å². The van der Waals surface area contributed by atoms with Gasteiger partial charge < -0.3 is 10.6 Å². The van der Waals surface area contributed by atoms with Crippen LogP contribution in [0, 0.1) is 0 Å². The lowest BCUT2D eigenvalue weighted by molar-refractivity contribution is 0.606. The van der Waals surface area contributed by atoms with Crippen molar-refractivity contribution in [3.63, 3.8) is 0 Å². The summed E-state index contributed by atoms with van der Waals surface area (Å²) >= 11 is 4.98. The van der Waals surface area contributed by atoms with Crippen molar-refractivity contribution >= 4 is 23.2 Å². The number of aromatic nitrogens is 1.